The number of halogens is 3. The monoisotopic (exact) mass is 319 g/mol. The standard InChI is InChI=1S/C13H15F2N3S.ClH/c1-8(11-5-9(14)3-4-12(11)15)18(2)7-10-6-17-13(16)19-10;/h3-6,8H,7H2,1-2H3,(H2,16,17);1H. The van der Waals surface area contributed by atoms with Crippen LogP contribution in [0.2, 0.25) is 0 Å². The molecule has 2 N–H and O–H groups in total. The van der Waals surface area contributed by atoms with Crippen molar-refractivity contribution < 1.29 is 8.78 Å². The van der Waals surface area contributed by atoms with Gasteiger partial charge in [-0.25, -0.2) is 13.8 Å². The molecule has 0 aliphatic rings. The van der Waals surface area contributed by atoms with Crippen LogP contribution in [0.25, 0.3) is 0 Å². The van der Waals surface area contributed by atoms with Gasteiger partial charge in [0.15, 0.2) is 5.13 Å². The quantitative estimate of drug-likeness (QED) is 0.936. The Labute approximate surface area is 126 Å². The van der Waals surface area contributed by atoms with E-state index in [1.54, 1.807) is 6.20 Å². The second-order valence-electron chi connectivity index (χ2n) is 4.42. The average molecular weight is 320 g/mol. The molecule has 0 aliphatic carbocycles. The number of rotatable bonds is 4. The summed E-state index contributed by atoms with van der Waals surface area (Å²) >= 11 is 1.39. The number of hydrogen-bond acceptors (Lipinski definition) is 4. The van der Waals surface area contributed by atoms with Crippen LogP contribution in [0.15, 0.2) is 24.4 Å². The first-order valence-corrected chi connectivity index (χ1v) is 6.64. The molecule has 20 heavy (non-hydrogen) atoms. The second kappa shape index (κ2) is 6.97. The number of anilines is 1. The number of nitrogens with two attached hydrogens (primary N) is 1. The van der Waals surface area contributed by atoms with E-state index in [-0.39, 0.29) is 18.4 Å². The van der Waals surface area contributed by atoms with Gasteiger partial charge in [-0.05, 0) is 32.2 Å². The van der Waals surface area contributed by atoms with Crippen molar-refractivity contribution in [2.75, 3.05) is 12.8 Å². The lowest BCUT2D eigenvalue weighted by Gasteiger charge is -2.24. The molecule has 0 fully saturated rings. The third-order valence-electron chi connectivity index (χ3n) is 3.05. The summed E-state index contributed by atoms with van der Waals surface area (Å²) in [5.74, 6) is -0.830. The molecule has 0 spiro atoms. The Kier molecular flexibility index (Phi) is 5.86. The Morgan fingerprint density at radius 3 is 2.70 bits per heavy atom. The first kappa shape index (κ1) is 16.8. The highest BCUT2D eigenvalue weighted by Gasteiger charge is 2.17. The molecule has 1 aromatic carbocycles. The minimum Gasteiger partial charge on any atom is -0.375 e. The molecule has 1 heterocycles. The van der Waals surface area contributed by atoms with Crippen LogP contribution in [0.1, 0.15) is 23.4 Å². The summed E-state index contributed by atoms with van der Waals surface area (Å²) in [4.78, 5) is 6.88. The highest BCUT2D eigenvalue weighted by atomic mass is 35.5. The van der Waals surface area contributed by atoms with Crippen molar-refractivity contribution in [3.63, 3.8) is 0 Å². The van der Waals surface area contributed by atoms with Gasteiger partial charge in [0.05, 0.1) is 0 Å². The molecule has 3 nitrogen and oxygen atoms in total. The zero-order valence-electron chi connectivity index (χ0n) is 11.1. The van der Waals surface area contributed by atoms with E-state index in [1.807, 2.05) is 18.9 Å². The fourth-order valence-corrected chi connectivity index (χ4v) is 2.60. The molecule has 1 atom stereocenters. The molecule has 1 unspecified atom stereocenters. The minimum absolute atomic E-state index is 0. The third-order valence-corrected chi connectivity index (χ3v) is 3.86. The minimum atomic E-state index is -0.432. The van der Waals surface area contributed by atoms with Crippen LogP contribution in [0, 0.1) is 11.6 Å². The summed E-state index contributed by atoms with van der Waals surface area (Å²) in [5.41, 5.74) is 5.91. The van der Waals surface area contributed by atoms with Crippen LogP contribution in [0.3, 0.4) is 0 Å². The van der Waals surface area contributed by atoms with E-state index in [1.165, 1.54) is 17.4 Å². The predicted octanol–water partition coefficient (Wildman–Crippen LogP) is 3.62. The summed E-state index contributed by atoms with van der Waals surface area (Å²) in [6, 6.07) is 3.27. The topological polar surface area (TPSA) is 42.2 Å². The smallest absolute Gasteiger partial charge is 0.180 e. The molecule has 1 aromatic heterocycles. The highest BCUT2D eigenvalue weighted by molar-refractivity contribution is 7.15. The maximum Gasteiger partial charge on any atom is 0.180 e. The van der Waals surface area contributed by atoms with Gasteiger partial charge in [0.1, 0.15) is 11.6 Å². The van der Waals surface area contributed by atoms with E-state index >= 15 is 0 Å². The zero-order chi connectivity index (χ0) is 14.0. The number of benzene rings is 1. The van der Waals surface area contributed by atoms with Gasteiger partial charge in [0.25, 0.3) is 0 Å². The third kappa shape index (κ3) is 3.88. The number of nitrogens with zero attached hydrogens (tertiary/aromatic N) is 2. The lowest BCUT2D eigenvalue weighted by molar-refractivity contribution is 0.249. The van der Waals surface area contributed by atoms with E-state index in [2.05, 4.69) is 4.98 Å². The molecular weight excluding hydrogens is 304 g/mol. The van der Waals surface area contributed by atoms with Crippen molar-refractivity contribution in [2.45, 2.75) is 19.5 Å². The molecule has 2 rings (SSSR count). The van der Waals surface area contributed by atoms with Crippen LogP contribution in [0.4, 0.5) is 13.9 Å². The summed E-state index contributed by atoms with van der Waals surface area (Å²) in [6.07, 6.45) is 1.70. The summed E-state index contributed by atoms with van der Waals surface area (Å²) < 4.78 is 26.9. The maximum absolute atomic E-state index is 13.7. The van der Waals surface area contributed by atoms with Gasteiger partial charge in [-0.15, -0.1) is 23.7 Å². The van der Waals surface area contributed by atoms with Gasteiger partial charge in [-0.2, -0.15) is 0 Å². The average Bonchev–Trinajstić information content (AvgIpc) is 2.77. The Morgan fingerprint density at radius 1 is 1.40 bits per heavy atom. The van der Waals surface area contributed by atoms with Crippen molar-refractivity contribution in [3.8, 4) is 0 Å². The Balaban J connectivity index is 0.00000200. The van der Waals surface area contributed by atoms with Crippen molar-refractivity contribution in [1.82, 2.24) is 9.88 Å². The molecular formula is C13H16ClF2N3S. The van der Waals surface area contributed by atoms with E-state index < -0.39 is 11.6 Å². The molecule has 0 bridgehead atoms. The summed E-state index contributed by atoms with van der Waals surface area (Å²) in [7, 11) is 1.85. The van der Waals surface area contributed by atoms with E-state index in [0.29, 0.717) is 17.2 Å². The lowest BCUT2D eigenvalue weighted by atomic mass is 10.1. The van der Waals surface area contributed by atoms with Gasteiger partial charge >= 0.3 is 0 Å². The van der Waals surface area contributed by atoms with Crippen molar-refractivity contribution >= 4 is 28.9 Å². The fourth-order valence-electron chi connectivity index (χ4n) is 1.85. The van der Waals surface area contributed by atoms with Gasteiger partial charge < -0.3 is 5.73 Å². The van der Waals surface area contributed by atoms with Crippen molar-refractivity contribution in [2.24, 2.45) is 0 Å². The predicted molar refractivity (Wildman–Crippen MR) is 80.0 cm³/mol. The first-order chi connectivity index (χ1) is 8.97. The Morgan fingerprint density at radius 2 is 2.10 bits per heavy atom. The van der Waals surface area contributed by atoms with Crippen molar-refractivity contribution in [3.05, 3.63) is 46.5 Å². The van der Waals surface area contributed by atoms with E-state index in [0.717, 1.165) is 17.0 Å². The lowest BCUT2D eigenvalue weighted by Crippen LogP contribution is -2.22. The zero-order valence-corrected chi connectivity index (χ0v) is 12.8. The van der Waals surface area contributed by atoms with E-state index in [4.69, 9.17) is 5.73 Å². The Hall–Kier alpha value is -1.24. The molecule has 110 valence electrons. The number of aromatic nitrogens is 1. The molecule has 0 radical (unpaired) electrons. The molecule has 0 saturated heterocycles. The normalized spacial score (nSPS) is 12.2. The first-order valence-electron chi connectivity index (χ1n) is 5.82. The van der Waals surface area contributed by atoms with Crippen LogP contribution < -0.4 is 5.73 Å². The number of hydrogen-bond donors (Lipinski definition) is 1. The second-order valence-corrected chi connectivity index (χ2v) is 5.57. The van der Waals surface area contributed by atoms with Gasteiger partial charge in [-0.1, -0.05) is 0 Å². The van der Waals surface area contributed by atoms with Gasteiger partial charge in [0.2, 0.25) is 0 Å². The summed E-state index contributed by atoms with van der Waals surface area (Å²) in [6.45, 7) is 2.42. The van der Waals surface area contributed by atoms with Gasteiger partial charge in [-0.3, -0.25) is 4.90 Å². The van der Waals surface area contributed by atoms with Crippen LogP contribution in [0.5, 0.6) is 0 Å². The molecule has 7 heteroatoms. The molecule has 2 aromatic rings. The molecule has 0 amide bonds. The Bertz CT molecular complexity index is 576. The van der Waals surface area contributed by atoms with E-state index in [9.17, 15) is 8.78 Å². The summed E-state index contributed by atoms with van der Waals surface area (Å²) in [5, 5.41) is 0.507. The fraction of sp³-hybridized carbons (Fsp3) is 0.308. The van der Waals surface area contributed by atoms with Crippen molar-refractivity contribution in [1.29, 1.82) is 0 Å². The number of nitrogen functional groups attached to an aromatic ring is 1. The SMILES string of the molecule is CC(c1cc(F)ccc1F)N(C)Cc1cnc(N)s1.Cl. The van der Waals surface area contributed by atoms with Crippen LogP contribution in [-0.2, 0) is 6.54 Å². The molecule has 0 aliphatic heterocycles. The largest absolute Gasteiger partial charge is 0.375 e. The molecule has 0 saturated carbocycles. The van der Waals surface area contributed by atoms with Crippen LogP contribution in [-0.4, -0.2) is 16.9 Å². The number of thiazole rings is 1. The van der Waals surface area contributed by atoms with Crippen LogP contribution >= 0.6 is 23.7 Å². The van der Waals surface area contributed by atoms with Gasteiger partial charge in [0, 0.05) is 29.2 Å². The highest BCUT2D eigenvalue weighted by Crippen LogP contribution is 2.25. The maximum atomic E-state index is 13.7.